The van der Waals surface area contributed by atoms with Crippen molar-refractivity contribution in [2.24, 2.45) is 0 Å². The summed E-state index contributed by atoms with van der Waals surface area (Å²) in [4.78, 5) is 23.0. The highest BCUT2D eigenvalue weighted by molar-refractivity contribution is 6.04. The molecule has 2 rings (SSSR count). The lowest BCUT2D eigenvalue weighted by Gasteiger charge is -2.04. The highest BCUT2D eigenvalue weighted by Gasteiger charge is 2.07. The Morgan fingerprint density at radius 2 is 1.71 bits per heavy atom. The highest BCUT2D eigenvalue weighted by atomic mass is 16.4. The lowest BCUT2D eigenvalue weighted by atomic mass is 10.1. The topological polar surface area (TPSA) is 66.4 Å². The maximum absolute atomic E-state index is 11.9. The standard InChI is InChI=1S/C17H15NO3/c1-12-6-8-13(9-7-12)16(19)10-11-18-15-5-3-2-4-14(15)17(20)21/h2-11,18H,1H3,(H,20,21). The van der Waals surface area contributed by atoms with Crippen LogP contribution >= 0.6 is 0 Å². The highest BCUT2D eigenvalue weighted by Crippen LogP contribution is 2.14. The van der Waals surface area contributed by atoms with Gasteiger partial charge in [-0.25, -0.2) is 4.79 Å². The maximum Gasteiger partial charge on any atom is 0.337 e. The molecular formula is C17H15NO3. The zero-order valence-electron chi connectivity index (χ0n) is 11.5. The van der Waals surface area contributed by atoms with Gasteiger partial charge < -0.3 is 10.4 Å². The Kier molecular flexibility index (Phi) is 4.51. The number of carbonyl (C=O) groups is 2. The van der Waals surface area contributed by atoms with Crippen LogP contribution in [0.1, 0.15) is 26.3 Å². The number of allylic oxidation sites excluding steroid dienone is 1. The average Bonchev–Trinajstić information content (AvgIpc) is 2.48. The normalized spacial score (nSPS) is 10.5. The molecule has 0 bridgehead atoms. The van der Waals surface area contributed by atoms with E-state index >= 15 is 0 Å². The first kappa shape index (κ1) is 14.5. The minimum absolute atomic E-state index is 0.143. The summed E-state index contributed by atoms with van der Waals surface area (Å²) in [6.07, 6.45) is 2.83. The van der Waals surface area contributed by atoms with Crippen LogP contribution in [0.5, 0.6) is 0 Å². The first-order chi connectivity index (χ1) is 10.1. The summed E-state index contributed by atoms with van der Waals surface area (Å²) in [6, 6.07) is 13.8. The molecule has 0 spiro atoms. The van der Waals surface area contributed by atoms with Gasteiger partial charge in [-0.05, 0) is 19.1 Å². The summed E-state index contributed by atoms with van der Waals surface area (Å²) >= 11 is 0. The fraction of sp³-hybridized carbons (Fsp3) is 0.0588. The van der Waals surface area contributed by atoms with Gasteiger partial charge in [0.2, 0.25) is 0 Å². The van der Waals surface area contributed by atoms with Crippen LogP contribution in [0.4, 0.5) is 5.69 Å². The van der Waals surface area contributed by atoms with E-state index in [1.54, 1.807) is 30.3 Å². The quantitative estimate of drug-likeness (QED) is 0.650. The van der Waals surface area contributed by atoms with Crippen LogP contribution < -0.4 is 5.32 Å². The smallest absolute Gasteiger partial charge is 0.337 e. The molecule has 2 N–H and O–H groups in total. The van der Waals surface area contributed by atoms with Crippen molar-refractivity contribution in [2.45, 2.75) is 6.92 Å². The Bertz CT molecular complexity index is 687. The maximum atomic E-state index is 11.9. The van der Waals surface area contributed by atoms with E-state index in [9.17, 15) is 9.59 Å². The lowest BCUT2D eigenvalue weighted by molar-refractivity contribution is 0.0698. The van der Waals surface area contributed by atoms with Gasteiger partial charge in [-0.1, -0.05) is 42.0 Å². The van der Waals surface area contributed by atoms with Crippen molar-refractivity contribution in [1.29, 1.82) is 0 Å². The molecule has 21 heavy (non-hydrogen) atoms. The van der Waals surface area contributed by atoms with Crippen molar-refractivity contribution in [3.8, 4) is 0 Å². The van der Waals surface area contributed by atoms with Gasteiger partial charge in [0.25, 0.3) is 0 Å². The van der Waals surface area contributed by atoms with Crippen LogP contribution in [0, 0.1) is 6.92 Å². The number of rotatable bonds is 5. The minimum atomic E-state index is -1.02. The van der Waals surface area contributed by atoms with E-state index in [2.05, 4.69) is 5.32 Å². The second kappa shape index (κ2) is 6.52. The number of ketones is 1. The second-order valence-corrected chi connectivity index (χ2v) is 4.56. The van der Waals surface area contributed by atoms with Crippen molar-refractivity contribution in [3.05, 3.63) is 77.5 Å². The molecule has 0 atom stereocenters. The van der Waals surface area contributed by atoms with Crippen molar-refractivity contribution < 1.29 is 14.7 Å². The summed E-state index contributed by atoms with van der Waals surface area (Å²) in [5, 5.41) is 11.9. The number of aromatic carboxylic acids is 1. The number of aryl methyl sites for hydroxylation is 1. The number of para-hydroxylation sites is 1. The molecule has 0 aliphatic carbocycles. The molecule has 0 saturated carbocycles. The van der Waals surface area contributed by atoms with Gasteiger partial charge in [-0.2, -0.15) is 0 Å². The number of benzene rings is 2. The summed E-state index contributed by atoms with van der Waals surface area (Å²) in [7, 11) is 0. The molecule has 4 nitrogen and oxygen atoms in total. The van der Waals surface area contributed by atoms with E-state index in [4.69, 9.17) is 5.11 Å². The molecule has 0 unspecified atom stereocenters. The summed E-state index contributed by atoms with van der Waals surface area (Å²) in [5.74, 6) is -1.16. The molecule has 0 amide bonds. The van der Waals surface area contributed by atoms with Gasteiger partial charge in [0.15, 0.2) is 5.78 Å². The third kappa shape index (κ3) is 3.79. The Morgan fingerprint density at radius 1 is 1.05 bits per heavy atom. The fourth-order valence-electron chi connectivity index (χ4n) is 1.82. The minimum Gasteiger partial charge on any atom is -0.478 e. The molecule has 4 heteroatoms. The van der Waals surface area contributed by atoms with Crippen molar-refractivity contribution in [2.75, 3.05) is 5.32 Å². The molecule has 0 aromatic heterocycles. The summed E-state index contributed by atoms with van der Waals surface area (Å²) in [5.41, 5.74) is 2.28. The monoisotopic (exact) mass is 281 g/mol. The van der Waals surface area contributed by atoms with E-state index in [0.29, 0.717) is 11.3 Å². The van der Waals surface area contributed by atoms with Crippen LogP contribution in [0.25, 0.3) is 0 Å². The van der Waals surface area contributed by atoms with Crippen molar-refractivity contribution >= 4 is 17.4 Å². The van der Waals surface area contributed by atoms with Crippen molar-refractivity contribution in [1.82, 2.24) is 0 Å². The summed E-state index contributed by atoms with van der Waals surface area (Å²) in [6.45, 7) is 1.95. The van der Waals surface area contributed by atoms with Gasteiger partial charge in [0, 0.05) is 17.8 Å². The Hall–Kier alpha value is -2.88. The third-order valence-corrected chi connectivity index (χ3v) is 2.97. The van der Waals surface area contributed by atoms with E-state index in [-0.39, 0.29) is 11.3 Å². The molecule has 106 valence electrons. The third-order valence-electron chi connectivity index (χ3n) is 2.97. The second-order valence-electron chi connectivity index (χ2n) is 4.56. The Balaban J connectivity index is 2.07. The van der Waals surface area contributed by atoms with Crippen molar-refractivity contribution in [3.63, 3.8) is 0 Å². The number of anilines is 1. The van der Waals surface area contributed by atoms with Crippen LogP contribution in [0.3, 0.4) is 0 Å². The van der Waals surface area contributed by atoms with Gasteiger partial charge in [-0.3, -0.25) is 4.79 Å². The average molecular weight is 281 g/mol. The number of hydrogen-bond acceptors (Lipinski definition) is 3. The Labute approximate surface area is 122 Å². The van der Waals surface area contributed by atoms with E-state index < -0.39 is 5.97 Å². The van der Waals surface area contributed by atoms with E-state index in [1.807, 2.05) is 19.1 Å². The van der Waals surface area contributed by atoms with Gasteiger partial charge in [-0.15, -0.1) is 0 Å². The SMILES string of the molecule is Cc1ccc(C(=O)C=CNc2ccccc2C(=O)O)cc1. The molecule has 0 aliphatic heterocycles. The van der Waals surface area contributed by atoms with E-state index in [0.717, 1.165) is 5.56 Å². The van der Waals surface area contributed by atoms with Crippen LogP contribution in [-0.2, 0) is 0 Å². The lowest BCUT2D eigenvalue weighted by Crippen LogP contribution is -2.02. The number of hydrogen-bond donors (Lipinski definition) is 2. The Morgan fingerprint density at radius 3 is 2.38 bits per heavy atom. The van der Waals surface area contributed by atoms with Crippen LogP contribution in [-0.4, -0.2) is 16.9 Å². The largest absolute Gasteiger partial charge is 0.478 e. The van der Waals surface area contributed by atoms with Gasteiger partial charge in [0.1, 0.15) is 0 Å². The predicted molar refractivity (Wildman–Crippen MR) is 81.7 cm³/mol. The van der Waals surface area contributed by atoms with E-state index in [1.165, 1.54) is 18.3 Å². The predicted octanol–water partition coefficient (Wildman–Crippen LogP) is 3.50. The van der Waals surface area contributed by atoms with Crippen LogP contribution in [0.15, 0.2) is 60.8 Å². The van der Waals surface area contributed by atoms with Gasteiger partial charge in [0.05, 0.1) is 11.3 Å². The first-order valence-corrected chi connectivity index (χ1v) is 6.44. The van der Waals surface area contributed by atoms with Crippen LogP contribution in [0.2, 0.25) is 0 Å². The number of carboxylic acid groups (broad SMARTS) is 1. The summed E-state index contributed by atoms with van der Waals surface area (Å²) < 4.78 is 0. The number of nitrogens with one attached hydrogen (secondary N) is 1. The molecule has 2 aromatic carbocycles. The van der Waals surface area contributed by atoms with Gasteiger partial charge >= 0.3 is 5.97 Å². The zero-order valence-corrected chi connectivity index (χ0v) is 11.5. The molecule has 0 aliphatic rings. The number of carboxylic acids is 1. The molecule has 2 aromatic rings. The first-order valence-electron chi connectivity index (χ1n) is 6.44. The molecule has 0 radical (unpaired) electrons. The molecular weight excluding hydrogens is 266 g/mol. The molecule has 0 heterocycles. The molecule has 0 saturated heterocycles. The zero-order chi connectivity index (χ0) is 15.2. The number of carbonyl (C=O) groups excluding carboxylic acids is 1. The molecule has 0 fully saturated rings. The fourth-order valence-corrected chi connectivity index (χ4v) is 1.82.